The molecule has 162 valence electrons. The van der Waals surface area contributed by atoms with Crippen molar-refractivity contribution in [3.8, 4) is 0 Å². The highest BCUT2D eigenvalue weighted by molar-refractivity contribution is 8.00. The highest BCUT2D eigenvalue weighted by Crippen LogP contribution is 2.33. The Morgan fingerprint density at radius 3 is 0.879 bits per heavy atom. The standard InChI is InChI=1S/C24H15N3O3S3/c28-13-16-1-7-19(8-2-16)31-22-25-23(32-20-9-3-17(14-29)4-10-20)27-24(26-22)33-21-11-5-18(15-30)6-12-21/h1-15H. The summed E-state index contributed by atoms with van der Waals surface area (Å²) in [5.74, 6) is 0. The molecule has 0 aliphatic carbocycles. The fourth-order valence-electron chi connectivity index (χ4n) is 2.62. The third kappa shape index (κ3) is 6.38. The Hall–Kier alpha value is -3.27. The molecule has 0 aliphatic heterocycles. The lowest BCUT2D eigenvalue weighted by Crippen LogP contribution is -1.97. The molecule has 4 aromatic rings. The van der Waals surface area contributed by atoms with Gasteiger partial charge in [-0.3, -0.25) is 14.4 Å². The lowest BCUT2D eigenvalue weighted by molar-refractivity contribution is 0.111. The molecule has 0 amide bonds. The largest absolute Gasteiger partial charge is 0.298 e. The minimum atomic E-state index is 0.517. The van der Waals surface area contributed by atoms with Crippen molar-refractivity contribution in [2.75, 3.05) is 0 Å². The van der Waals surface area contributed by atoms with E-state index in [1.807, 2.05) is 36.4 Å². The maximum absolute atomic E-state index is 10.9. The third-order valence-electron chi connectivity index (χ3n) is 4.25. The van der Waals surface area contributed by atoms with Crippen molar-refractivity contribution in [2.45, 2.75) is 30.2 Å². The van der Waals surface area contributed by atoms with Gasteiger partial charge in [-0.1, -0.05) is 36.4 Å². The van der Waals surface area contributed by atoms with Crippen LogP contribution in [0.1, 0.15) is 31.1 Å². The number of carbonyl (C=O) groups excluding carboxylic acids is 3. The van der Waals surface area contributed by atoms with Gasteiger partial charge in [0.2, 0.25) is 0 Å². The second-order valence-electron chi connectivity index (χ2n) is 6.55. The highest BCUT2D eigenvalue weighted by atomic mass is 32.2. The molecule has 33 heavy (non-hydrogen) atoms. The van der Waals surface area contributed by atoms with Crippen LogP contribution in [0.4, 0.5) is 0 Å². The van der Waals surface area contributed by atoms with Gasteiger partial charge in [-0.15, -0.1) is 0 Å². The predicted molar refractivity (Wildman–Crippen MR) is 128 cm³/mol. The number of nitrogens with zero attached hydrogens (tertiary/aromatic N) is 3. The van der Waals surface area contributed by atoms with Gasteiger partial charge >= 0.3 is 0 Å². The Morgan fingerprint density at radius 1 is 0.424 bits per heavy atom. The molecule has 0 saturated carbocycles. The molecule has 3 aromatic carbocycles. The van der Waals surface area contributed by atoms with E-state index in [9.17, 15) is 14.4 Å². The maximum Gasteiger partial charge on any atom is 0.197 e. The SMILES string of the molecule is O=Cc1ccc(Sc2nc(Sc3ccc(C=O)cc3)nc(Sc3ccc(C=O)cc3)n2)cc1. The third-order valence-corrected chi connectivity index (χ3v) is 6.87. The van der Waals surface area contributed by atoms with Crippen LogP contribution >= 0.6 is 35.3 Å². The minimum absolute atomic E-state index is 0.517. The van der Waals surface area contributed by atoms with Gasteiger partial charge in [0.15, 0.2) is 15.5 Å². The van der Waals surface area contributed by atoms with Gasteiger partial charge in [0.1, 0.15) is 18.9 Å². The quantitative estimate of drug-likeness (QED) is 0.272. The van der Waals surface area contributed by atoms with Crippen LogP contribution in [0.3, 0.4) is 0 Å². The normalized spacial score (nSPS) is 10.5. The van der Waals surface area contributed by atoms with Crippen molar-refractivity contribution >= 4 is 54.1 Å². The molecule has 9 heteroatoms. The number of carbonyl (C=O) groups is 3. The summed E-state index contributed by atoms with van der Waals surface area (Å²) in [5.41, 5.74) is 1.79. The van der Waals surface area contributed by atoms with Crippen molar-refractivity contribution in [1.29, 1.82) is 0 Å². The minimum Gasteiger partial charge on any atom is -0.298 e. The summed E-state index contributed by atoms with van der Waals surface area (Å²) in [4.78, 5) is 49.2. The van der Waals surface area contributed by atoms with E-state index >= 15 is 0 Å². The van der Waals surface area contributed by atoms with Crippen LogP contribution < -0.4 is 0 Å². The second-order valence-corrected chi connectivity index (χ2v) is 9.67. The zero-order valence-corrected chi connectivity index (χ0v) is 19.4. The van der Waals surface area contributed by atoms with Crippen LogP contribution in [0.25, 0.3) is 0 Å². The van der Waals surface area contributed by atoms with Crippen molar-refractivity contribution in [2.24, 2.45) is 0 Å². The van der Waals surface area contributed by atoms with Crippen LogP contribution in [0, 0.1) is 0 Å². The molecular weight excluding hydrogens is 474 g/mol. The monoisotopic (exact) mass is 489 g/mol. The van der Waals surface area contributed by atoms with Crippen LogP contribution in [-0.4, -0.2) is 33.8 Å². The number of aldehydes is 3. The smallest absolute Gasteiger partial charge is 0.197 e. The zero-order chi connectivity index (χ0) is 23.0. The molecule has 0 fully saturated rings. The Bertz CT molecular complexity index is 1110. The van der Waals surface area contributed by atoms with E-state index in [-0.39, 0.29) is 0 Å². The van der Waals surface area contributed by atoms with E-state index < -0.39 is 0 Å². The Kier molecular flexibility index (Phi) is 7.66. The molecular formula is C24H15N3O3S3. The van der Waals surface area contributed by atoms with Gasteiger partial charge in [0.25, 0.3) is 0 Å². The van der Waals surface area contributed by atoms with Gasteiger partial charge in [0.05, 0.1) is 0 Å². The van der Waals surface area contributed by atoms with Crippen LogP contribution in [-0.2, 0) is 0 Å². The summed E-state index contributed by atoms with van der Waals surface area (Å²) >= 11 is 4.11. The zero-order valence-electron chi connectivity index (χ0n) is 17.0. The summed E-state index contributed by atoms with van der Waals surface area (Å²) in [5, 5.41) is 1.55. The van der Waals surface area contributed by atoms with Crippen molar-refractivity contribution in [3.05, 3.63) is 89.5 Å². The van der Waals surface area contributed by atoms with Crippen molar-refractivity contribution in [1.82, 2.24) is 15.0 Å². The average molecular weight is 490 g/mol. The maximum atomic E-state index is 10.9. The van der Waals surface area contributed by atoms with E-state index in [4.69, 9.17) is 0 Å². The Labute approximate surface area is 202 Å². The Morgan fingerprint density at radius 2 is 0.667 bits per heavy atom. The average Bonchev–Trinajstić information content (AvgIpc) is 2.85. The van der Waals surface area contributed by atoms with E-state index in [2.05, 4.69) is 15.0 Å². The topological polar surface area (TPSA) is 89.9 Å². The first kappa shape index (κ1) is 22.9. The fourth-order valence-corrected chi connectivity index (χ4v) is 5.03. The van der Waals surface area contributed by atoms with Crippen LogP contribution in [0.15, 0.2) is 103 Å². The number of aromatic nitrogens is 3. The first-order valence-corrected chi connectivity index (χ1v) is 12.1. The summed E-state index contributed by atoms with van der Waals surface area (Å²) in [7, 11) is 0. The molecule has 1 heterocycles. The second kappa shape index (κ2) is 11.0. The van der Waals surface area contributed by atoms with Gasteiger partial charge < -0.3 is 0 Å². The number of benzene rings is 3. The number of rotatable bonds is 9. The van der Waals surface area contributed by atoms with E-state index in [1.165, 1.54) is 35.3 Å². The molecule has 0 N–H and O–H groups in total. The van der Waals surface area contributed by atoms with Gasteiger partial charge in [0, 0.05) is 31.4 Å². The summed E-state index contributed by atoms with van der Waals surface area (Å²) in [6.45, 7) is 0. The predicted octanol–water partition coefficient (Wildman–Crippen LogP) is 5.76. The molecule has 1 aromatic heterocycles. The van der Waals surface area contributed by atoms with E-state index in [0.717, 1.165) is 33.5 Å². The van der Waals surface area contributed by atoms with Crippen molar-refractivity contribution in [3.63, 3.8) is 0 Å². The lowest BCUT2D eigenvalue weighted by Gasteiger charge is -2.07. The molecule has 0 bridgehead atoms. The van der Waals surface area contributed by atoms with Crippen LogP contribution in [0.2, 0.25) is 0 Å². The summed E-state index contributed by atoms with van der Waals surface area (Å²) < 4.78 is 0. The molecule has 0 radical (unpaired) electrons. The molecule has 4 rings (SSSR count). The van der Waals surface area contributed by atoms with E-state index in [1.54, 1.807) is 36.4 Å². The molecule has 0 spiro atoms. The molecule has 0 aliphatic rings. The lowest BCUT2D eigenvalue weighted by atomic mass is 10.2. The van der Waals surface area contributed by atoms with Crippen LogP contribution in [0.5, 0.6) is 0 Å². The first-order valence-electron chi connectivity index (χ1n) is 9.60. The Balaban J connectivity index is 1.63. The van der Waals surface area contributed by atoms with Gasteiger partial charge in [-0.05, 0) is 71.7 Å². The molecule has 0 atom stereocenters. The highest BCUT2D eigenvalue weighted by Gasteiger charge is 2.12. The summed E-state index contributed by atoms with van der Waals surface area (Å²) in [6.07, 6.45) is 2.39. The summed E-state index contributed by atoms with van der Waals surface area (Å²) in [6, 6.07) is 21.5. The molecule has 6 nitrogen and oxygen atoms in total. The number of hydrogen-bond acceptors (Lipinski definition) is 9. The molecule has 0 unspecified atom stereocenters. The van der Waals surface area contributed by atoms with Crippen molar-refractivity contribution < 1.29 is 14.4 Å². The van der Waals surface area contributed by atoms with E-state index in [0.29, 0.717) is 32.2 Å². The first-order chi connectivity index (χ1) is 16.1. The van der Waals surface area contributed by atoms with Gasteiger partial charge in [-0.25, -0.2) is 0 Å². The number of hydrogen-bond donors (Lipinski definition) is 0. The fraction of sp³-hybridized carbons (Fsp3) is 0. The molecule has 0 saturated heterocycles. The van der Waals surface area contributed by atoms with Gasteiger partial charge in [-0.2, -0.15) is 15.0 Å².